The van der Waals surface area contributed by atoms with Crippen LogP contribution in [0.3, 0.4) is 0 Å². The van der Waals surface area contributed by atoms with E-state index in [1.165, 1.54) is 11.1 Å². The zero-order valence-corrected chi connectivity index (χ0v) is 13.7. The lowest BCUT2D eigenvalue weighted by molar-refractivity contribution is -0.138. The molecule has 1 fully saturated rings. The van der Waals surface area contributed by atoms with Gasteiger partial charge in [0.05, 0.1) is 6.54 Å². The first-order valence-electron chi connectivity index (χ1n) is 8.42. The maximum Gasteiger partial charge on any atom is 0.317 e. The molecule has 0 spiro atoms. The van der Waals surface area contributed by atoms with Gasteiger partial charge < -0.3 is 9.84 Å². The largest absolute Gasteiger partial charge is 0.492 e. The zero-order chi connectivity index (χ0) is 16.8. The van der Waals surface area contributed by atoms with E-state index >= 15 is 0 Å². The van der Waals surface area contributed by atoms with Crippen LogP contribution in [-0.2, 0) is 11.2 Å². The molecule has 1 unspecified atom stereocenters. The van der Waals surface area contributed by atoms with E-state index in [0.29, 0.717) is 6.61 Å². The lowest BCUT2D eigenvalue weighted by Gasteiger charge is -2.22. The summed E-state index contributed by atoms with van der Waals surface area (Å²) in [7, 11) is 0. The van der Waals surface area contributed by atoms with Crippen molar-refractivity contribution in [1.82, 2.24) is 4.90 Å². The smallest absolute Gasteiger partial charge is 0.317 e. The highest BCUT2D eigenvalue weighted by atomic mass is 16.5. The molecule has 2 aromatic carbocycles. The van der Waals surface area contributed by atoms with Crippen LogP contribution in [0.5, 0.6) is 5.75 Å². The first-order valence-corrected chi connectivity index (χ1v) is 8.42. The van der Waals surface area contributed by atoms with Gasteiger partial charge in [-0.3, -0.25) is 9.69 Å². The second-order valence-corrected chi connectivity index (χ2v) is 6.28. The Balaban J connectivity index is 1.52. The molecule has 1 N–H and O–H groups in total. The fraction of sp³-hybridized carbons (Fsp3) is 0.350. The number of rotatable bonds is 7. The maximum absolute atomic E-state index is 10.9. The third-order valence-electron chi connectivity index (χ3n) is 4.45. The third-order valence-corrected chi connectivity index (χ3v) is 4.45. The van der Waals surface area contributed by atoms with Crippen LogP contribution in [0.2, 0.25) is 0 Å². The Kier molecular flexibility index (Phi) is 5.49. The monoisotopic (exact) mass is 325 g/mol. The Bertz CT molecular complexity index is 654. The molecule has 0 aliphatic carbocycles. The first kappa shape index (κ1) is 16.5. The number of carbonyl (C=O) groups is 1. The number of likely N-dealkylation sites (tertiary alicyclic amines) is 1. The summed E-state index contributed by atoms with van der Waals surface area (Å²) < 4.78 is 5.87. The van der Waals surface area contributed by atoms with Crippen LogP contribution in [0.1, 0.15) is 24.0 Å². The van der Waals surface area contributed by atoms with Gasteiger partial charge in [-0.1, -0.05) is 42.5 Å². The van der Waals surface area contributed by atoms with Gasteiger partial charge in [0.1, 0.15) is 12.4 Å². The van der Waals surface area contributed by atoms with Crippen molar-refractivity contribution in [3.8, 4) is 5.75 Å². The van der Waals surface area contributed by atoms with Crippen LogP contribution in [0, 0.1) is 0 Å². The number of hydrogen-bond donors (Lipinski definition) is 1. The predicted octanol–water partition coefficient (Wildman–Crippen LogP) is 3.21. The molecule has 0 bridgehead atoms. The second kappa shape index (κ2) is 7.97. The van der Waals surface area contributed by atoms with Gasteiger partial charge in [-0.05, 0) is 49.1 Å². The van der Waals surface area contributed by atoms with Crippen LogP contribution >= 0.6 is 0 Å². The summed E-state index contributed by atoms with van der Waals surface area (Å²) in [6.45, 7) is 1.49. The number of nitrogens with zero attached hydrogens (tertiary/aromatic N) is 1. The van der Waals surface area contributed by atoms with Crippen LogP contribution < -0.4 is 4.74 Å². The Morgan fingerprint density at radius 2 is 1.79 bits per heavy atom. The van der Waals surface area contributed by atoms with Gasteiger partial charge in [0, 0.05) is 6.04 Å². The van der Waals surface area contributed by atoms with E-state index in [2.05, 4.69) is 36.4 Å². The van der Waals surface area contributed by atoms with Crippen molar-refractivity contribution in [2.45, 2.75) is 25.3 Å². The Labute approximate surface area is 142 Å². The van der Waals surface area contributed by atoms with Crippen molar-refractivity contribution in [2.24, 2.45) is 0 Å². The molecule has 0 amide bonds. The maximum atomic E-state index is 10.9. The molecule has 4 heteroatoms. The summed E-state index contributed by atoms with van der Waals surface area (Å²) in [5.74, 6) is 0.0705. The molecule has 126 valence electrons. The molecule has 1 aliphatic heterocycles. The summed E-state index contributed by atoms with van der Waals surface area (Å²) in [4.78, 5) is 12.9. The van der Waals surface area contributed by atoms with Gasteiger partial charge in [0.2, 0.25) is 0 Å². The average Bonchev–Trinajstić information content (AvgIpc) is 3.01. The summed E-state index contributed by atoms with van der Waals surface area (Å²) in [6, 6.07) is 18.8. The van der Waals surface area contributed by atoms with Gasteiger partial charge in [0.25, 0.3) is 0 Å². The topological polar surface area (TPSA) is 49.8 Å². The molecule has 1 atom stereocenters. The number of ether oxygens (including phenoxy) is 1. The predicted molar refractivity (Wildman–Crippen MR) is 93.4 cm³/mol. The highest BCUT2D eigenvalue weighted by molar-refractivity contribution is 5.69. The fourth-order valence-corrected chi connectivity index (χ4v) is 3.19. The molecule has 24 heavy (non-hydrogen) atoms. The summed E-state index contributed by atoms with van der Waals surface area (Å²) in [5.41, 5.74) is 2.54. The van der Waals surface area contributed by atoms with E-state index < -0.39 is 5.97 Å². The fourth-order valence-electron chi connectivity index (χ4n) is 3.19. The quantitative estimate of drug-likeness (QED) is 0.849. The molecule has 1 aliphatic rings. The molecule has 3 rings (SSSR count). The minimum atomic E-state index is -0.771. The lowest BCUT2D eigenvalue weighted by Crippen LogP contribution is -2.37. The first-order chi connectivity index (χ1) is 11.7. The van der Waals surface area contributed by atoms with E-state index in [4.69, 9.17) is 9.84 Å². The minimum absolute atomic E-state index is 0.101. The number of aliphatic carboxylic acids is 1. The lowest BCUT2D eigenvalue weighted by atomic mass is 10.1. The number of carboxylic acids is 1. The van der Waals surface area contributed by atoms with E-state index in [1.54, 1.807) is 0 Å². The molecular formula is C20H23NO3. The van der Waals surface area contributed by atoms with Crippen molar-refractivity contribution in [2.75, 3.05) is 19.7 Å². The van der Waals surface area contributed by atoms with Crippen LogP contribution in [0.4, 0.5) is 0 Å². The third kappa shape index (κ3) is 4.59. The highest BCUT2D eigenvalue weighted by Gasteiger charge is 2.26. The number of carboxylic acid groups (broad SMARTS) is 1. The van der Waals surface area contributed by atoms with Gasteiger partial charge in [-0.25, -0.2) is 0 Å². The molecule has 0 saturated carbocycles. The Morgan fingerprint density at radius 3 is 2.50 bits per heavy atom. The van der Waals surface area contributed by atoms with Crippen molar-refractivity contribution in [3.05, 3.63) is 65.7 Å². The van der Waals surface area contributed by atoms with Gasteiger partial charge in [0.15, 0.2) is 0 Å². The summed E-state index contributed by atoms with van der Waals surface area (Å²) in [6.07, 6.45) is 2.95. The van der Waals surface area contributed by atoms with Crippen LogP contribution in [0.25, 0.3) is 0 Å². The van der Waals surface area contributed by atoms with Crippen molar-refractivity contribution < 1.29 is 14.6 Å². The van der Waals surface area contributed by atoms with E-state index in [1.807, 2.05) is 23.1 Å². The summed E-state index contributed by atoms with van der Waals surface area (Å²) in [5, 5.41) is 8.95. The molecule has 0 radical (unpaired) electrons. The molecule has 1 heterocycles. The minimum Gasteiger partial charge on any atom is -0.492 e. The van der Waals surface area contributed by atoms with Crippen LogP contribution in [0.15, 0.2) is 54.6 Å². The van der Waals surface area contributed by atoms with Crippen LogP contribution in [-0.4, -0.2) is 41.7 Å². The normalized spacial score (nSPS) is 17.8. The van der Waals surface area contributed by atoms with E-state index in [0.717, 1.165) is 31.6 Å². The molecular weight excluding hydrogens is 302 g/mol. The summed E-state index contributed by atoms with van der Waals surface area (Å²) >= 11 is 0. The molecule has 2 aromatic rings. The highest BCUT2D eigenvalue weighted by Crippen LogP contribution is 2.20. The molecule has 0 aromatic heterocycles. The van der Waals surface area contributed by atoms with Gasteiger partial charge >= 0.3 is 5.97 Å². The second-order valence-electron chi connectivity index (χ2n) is 6.28. The standard InChI is InChI=1S/C20H23NO3/c22-20(23)14-21-12-4-7-18(21)15-24-19-10-8-17(9-11-19)13-16-5-2-1-3-6-16/h1-3,5-6,8-11,18H,4,7,12-15H2,(H,22,23). The Hall–Kier alpha value is -2.33. The SMILES string of the molecule is O=C(O)CN1CCCC1COc1ccc(Cc2ccccc2)cc1. The van der Waals surface area contributed by atoms with E-state index in [-0.39, 0.29) is 12.6 Å². The Morgan fingerprint density at radius 1 is 1.08 bits per heavy atom. The van der Waals surface area contributed by atoms with Crippen molar-refractivity contribution in [3.63, 3.8) is 0 Å². The molecule has 1 saturated heterocycles. The van der Waals surface area contributed by atoms with Gasteiger partial charge in [-0.2, -0.15) is 0 Å². The number of benzene rings is 2. The zero-order valence-electron chi connectivity index (χ0n) is 13.7. The van der Waals surface area contributed by atoms with Gasteiger partial charge in [-0.15, -0.1) is 0 Å². The van der Waals surface area contributed by atoms with E-state index in [9.17, 15) is 4.79 Å². The van der Waals surface area contributed by atoms with Crippen molar-refractivity contribution in [1.29, 1.82) is 0 Å². The average molecular weight is 325 g/mol. The number of hydrogen-bond acceptors (Lipinski definition) is 3. The molecule has 4 nitrogen and oxygen atoms in total. The van der Waals surface area contributed by atoms with Crippen molar-refractivity contribution >= 4 is 5.97 Å².